The third kappa shape index (κ3) is 4.87. The number of carbonyl (C=O) groups excluding carboxylic acids is 1. The van der Waals surface area contributed by atoms with Crippen LogP contribution in [0, 0.1) is 5.82 Å². The number of hydrogen-bond donors (Lipinski definition) is 1. The Morgan fingerprint density at radius 3 is 1.90 bits per heavy atom. The molecule has 5 rings (SSSR count). The van der Waals surface area contributed by atoms with Gasteiger partial charge in [0.25, 0.3) is 0 Å². The van der Waals surface area contributed by atoms with Gasteiger partial charge in [-0.2, -0.15) is 0 Å². The van der Waals surface area contributed by atoms with Gasteiger partial charge in [0.2, 0.25) is 5.78 Å². The molecule has 222 valence electrons. The van der Waals surface area contributed by atoms with E-state index in [1.54, 1.807) is 39.8 Å². The van der Waals surface area contributed by atoms with E-state index in [1.165, 1.54) is 12.1 Å². The Morgan fingerprint density at radius 2 is 1.38 bits per heavy atom. The summed E-state index contributed by atoms with van der Waals surface area (Å²) in [6.07, 6.45) is 0. The first kappa shape index (κ1) is 30.7. The van der Waals surface area contributed by atoms with Gasteiger partial charge in [-0.3, -0.25) is 13.9 Å². The number of nitrogens with one attached hydrogen (secondary N) is 1. The topological polar surface area (TPSA) is 113 Å². The molecule has 0 atom stereocenters. The lowest BCUT2D eigenvalue weighted by Gasteiger charge is -2.38. The SMILES string of the molecule is CCOP(=O)(OCC)C1(P(=O)(OCC)OCC)Nc2c(sc3nc(-c4ccccc4)cc(-c4ccc(F)cc4)c23)C1=O. The van der Waals surface area contributed by atoms with Crippen molar-refractivity contribution < 1.29 is 36.4 Å². The van der Waals surface area contributed by atoms with Gasteiger partial charge in [0.15, 0.2) is 0 Å². The van der Waals surface area contributed by atoms with Crippen LogP contribution in [-0.4, -0.2) is 42.2 Å². The Kier molecular flexibility index (Phi) is 8.84. The molecule has 0 radical (unpaired) electrons. The van der Waals surface area contributed by atoms with E-state index in [1.807, 2.05) is 36.4 Å². The first-order valence-corrected chi connectivity index (χ1v) is 17.5. The van der Waals surface area contributed by atoms with Crippen molar-refractivity contribution in [3.63, 3.8) is 0 Å². The molecule has 0 amide bonds. The number of ketones is 1. The Balaban J connectivity index is 1.82. The van der Waals surface area contributed by atoms with E-state index in [-0.39, 0.29) is 37.0 Å². The number of Topliss-reactive ketones (excluding diaryl/α,β-unsaturated/α-hetero) is 1. The number of pyridine rings is 1. The van der Waals surface area contributed by atoms with E-state index in [0.29, 0.717) is 27.0 Å². The Morgan fingerprint density at radius 1 is 0.833 bits per heavy atom. The summed E-state index contributed by atoms with van der Waals surface area (Å²) in [4.78, 5) is 20.0. The van der Waals surface area contributed by atoms with Crippen LogP contribution in [0.15, 0.2) is 60.7 Å². The summed E-state index contributed by atoms with van der Waals surface area (Å²) in [6.45, 7) is 6.01. The molecule has 0 fully saturated rings. The number of carbonyl (C=O) groups is 1. The molecule has 0 aliphatic carbocycles. The van der Waals surface area contributed by atoms with Crippen molar-refractivity contribution in [3.8, 4) is 22.4 Å². The van der Waals surface area contributed by atoms with Gasteiger partial charge >= 0.3 is 20.2 Å². The van der Waals surface area contributed by atoms with E-state index in [0.717, 1.165) is 16.9 Å². The molecular weight excluding hydrogens is 601 g/mol. The van der Waals surface area contributed by atoms with Crippen LogP contribution >= 0.6 is 26.5 Å². The number of hydrogen-bond acceptors (Lipinski definition) is 10. The molecule has 3 heterocycles. The molecule has 0 saturated carbocycles. The quantitative estimate of drug-likeness (QED) is 0.153. The van der Waals surface area contributed by atoms with E-state index >= 15 is 0 Å². The van der Waals surface area contributed by atoms with E-state index in [4.69, 9.17) is 23.1 Å². The fraction of sp³-hybridized carbons (Fsp3) is 0.310. The molecule has 1 aliphatic rings. The molecule has 0 unspecified atom stereocenters. The molecule has 0 spiro atoms. The minimum absolute atomic E-state index is 0.0938. The number of benzene rings is 2. The van der Waals surface area contributed by atoms with Crippen LogP contribution in [0.2, 0.25) is 0 Å². The average molecular weight is 633 g/mol. The molecular formula is C29H31FN2O7P2S. The minimum Gasteiger partial charge on any atom is -0.351 e. The molecule has 1 N–H and O–H groups in total. The van der Waals surface area contributed by atoms with Gasteiger partial charge in [0, 0.05) is 10.9 Å². The lowest BCUT2D eigenvalue weighted by atomic mass is 9.99. The third-order valence-corrected chi connectivity index (χ3v) is 13.9. The lowest BCUT2D eigenvalue weighted by Crippen LogP contribution is -2.44. The summed E-state index contributed by atoms with van der Waals surface area (Å²) in [5, 5.41) is 1.06. The van der Waals surface area contributed by atoms with Crippen molar-refractivity contribution in [3.05, 3.63) is 71.4 Å². The van der Waals surface area contributed by atoms with Gasteiger partial charge in [0.05, 0.1) is 37.8 Å². The molecule has 9 nitrogen and oxygen atoms in total. The van der Waals surface area contributed by atoms with Crippen LogP contribution in [0.5, 0.6) is 0 Å². The van der Waals surface area contributed by atoms with Crippen molar-refractivity contribution in [2.45, 2.75) is 32.7 Å². The highest BCUT2D eigenvalue weighted by Gasteiger charge is 2.74. The lowest BCUT2D eigenvalue weighted by molar-refractivity contribution is 0.0946. The second-order valence-corrected chi connectivity index (χ2v) is 14.9. The fourth-order valence-corrected chi connectivity index (χ4v) is 11.7. The Hall–Kier alpha value is -2.75. The maximum Gasteiger partial charge on any atom is 0.376 e. The molecule has 0 saturated heterocycles. The summed E-state index contributed by atoms with van der Waals surface area (Å²) < 4.78 is 65.7. The van der Waals surface area contributed by atoms with Gasteiger partial charge < -0.3 is 23.4 Å². The number of nitrogens with zero attached hydrogens (tertiary/aromatic N) is 1. The van der Waals surface area contributed by atoms with Gasteiger partial charge in [-0.25, -0.2) is 9.37 Å². The third-order valence-electron chi connectivity index (χ3n) is 6.70. The van der Waals surface area contributed by atoms with Crippen LogP contribution in [0.4, 0.5) is 10.1 Å². The Labute approximate surface area is 247 Å². The smallest absolute Gasteiger partial charge is 0.351 e. The molecule has 2 aromatic carbocycles. The zero-order chi connectivity index (χ0) is 30.1. The largest absolute Gasteiger partial charge is 0.376 e. The summed E-state index contributed by atoms with van der Waals surface area (Å²) >= 11 is 1.06. The zero-order valence-electron chi connectivity index (χ0n) is 23.6. The summed E-state index contributed by atoms with van der Waals surface area (Å²) in [6, 6.07) is 17.3. The average Bonchev–Trinajstić information content (AvgIpc) is 3.48. The highest BCUT2D eigenvalue weighted by atomic mass is 32.1. The van der Waals surface area contributed by atoms with Crippen molar-refractivity contribution in [2.75, 3.05) is 31.7 Å². The molecule has 4 aromatic rings. The monoisotopic (exact) mass is 632 g/mol. The van der Waals surface area contributed by atoms with Crippen LogP contribution in [-0.2, 0) is 27.2 Å². The minimum atomic E-state index is -4.55. The molecule has 1 aliphatic heterocycles. The van der Waals surface area contributed by atoms with Crippen LogP contribution < -0.4 is 5.32 Å². The normalized spacial score (nSPS) is 14.7. The van der Waals surface area contributed by atoms with Crippen molar-refractivity contribution >= 4 is 48.2 Å². The van der Waals surface area contributed by atoms with Gasteiger partial charge in [-0.1, -0.05) is 42.5 Å². The van der Waals surface area contributed by atoms with Crippen LogP contribution in [0.3, 0.4) is 0 Å². The zero-order valence-corrected chi connectivity index (χ0v) is 26.2. The number of fused-ring (bicyclic) bond motifs is 3. The summed E-state index contributed by atoms with van der Waals surface area (Å²) in [7, 11) is -9.10. The van der Waals surface area contributed by atoms with Crippen LogP contribution in [0.1, 0.15) is 37.4 Å². The summed E-state index contributed by atoms with van der Waals surface area (Å²) in [5.41, 5.74) is 3.04. The molecule has 0 bridgehead atoms. The first-order valence-electron chi connectivity index (χ1n) is 13.6. The highest BCUT2D eigenvalue weighted by molar-refractivity contribution is 7.76. The second kappa shape index (κ2) is 12.1. The van der Waals surface area contributed by atoms with Crippen molar-refractivity contribution in [2.24, 2.45) is 0 Å². The van der Waals surface area contributed by atoms with Crippen molar-refractivity contribution in [1.82, 2.24) is 4.98 Å². The van der Waals surface area contributed by atoms with Gasteiger partial charge in [-0.05, 0) is 57.0 Å². The van der Waals surface area contributed by atoms with Crippen molar-refractivity contribution in [1.29, 1.82) is 0 Å². The van der Waals surface area contributed by atoms with E-state index in [9.17, 15) is 18.3 Å². The van der Waals surface area contributed by atoms with Gasteiger partial charge in [-0.15, -0.1) is 11.3 Å². The van der Waals surface area contributed by atoms with Crippen LogP contribution in [0.25, 0.3) is 32.6 Å². The molecule has 2 aromatic heterocycles. The number of rotatable bonds is 12. The Bertz CT molecular complexity index is 1660. The fourth-order valence-electron chi connectivity index (χ4n) is 5.04. The predicted molar refractivity (Wildman–Crippen MR) is 163 cm³/mol. The molecule has 13 heteroatoms. The molecule has 42 heavy (non-hydrogen) atoms. The maximum absolute atomic E-state index is 14.6. The summed E-state index contributed by atoms with van der Waals surface area (Å²) in [5.74, 6) is -1.19. The standard InChI is InChI=1S/C29H31FN2O7P2S/c1-5-36-40(34,37-6-2)29(41(35,38-7-3)39-8-4)27(33)26-25(32-29)24-22(19-14-16-21(30)17-15-19)18-23(31-28(24)42-26)20-12-10-9-11-13-20/h9-18,32H,5-8H2,1-4H3. The van der Waals surface area contributed by atoms with Gasteiger partial charge in [0.1, 0.15) is 15.5 Å². The first-order chi connectivity index (χ1) is 20.2. The predicted octanol–water partition coefficient (Wildman–Crippen LogP) is 8.56. The maximum atomic E-state index is 14.6. The number of halogens is 1. The van der Waals surface area contributed by atoms with E-state index < -0.39 is 31.8 Å². The number of anilines is 1. The number of aromatic nitrogens is 1. The second-order valence-electron chi connectivity index (χ2n) is 9.21. The number of thiophene rings is 1. The highest BCUT2D eigenvalue weighted by Crippen LogP contribution is 2.80. The van der Waals surface area contributed by atoms with E-state index in [2.05, 4.69) is 5.32 Å².